The van der Waals surface area contributed by atoms with E-state index in [0.717, 1.165) is 0 Å². The molecule has 2 atom stereocenters. The van der Waals surface area contributed by atoms with Gasteiger partial charge in [0.25, 0.3) is 0 Å². The Kier molecular flexibility index (Phi) is 5.41. The Morgan fingerprint density at radius 1 is 1.18 bits per heavy atom. The molecule has 1 aliphatic carbocycles. The minimum Gasteiger partial charge on any atom is -0.341 e. The number of carbonyl (C=O) groups is 2. The predicted octanol–water partition coefficient (Wildman–Crippen LogP) is 0.999. The summed E-state index contributed by atoms with van der Waals surface area (Å²) in [5, 5.41) is 7.89. The van der Waals surface area contributed by atoms with Gasteiger partial charge in [0.05, 0.1) is 6.04 Å². The summed E-state index contributed by atoms with van der Waals surface area (Å²) in [5.74, 6) is 0.374. The zero-order chi connectivity index (χ0) is 12.8. The van der Waals surface area contributed by atoms with E-state index in [0.29, 0.717) is 12.0 Å². The Hall–Kier alpha value is -1.10. The second-order valence-corrected chi connectivity index (χ2v) is 4.79. The van der Waals surface area contributed by atoms with E-state index < -0.39 is 6.03 Å². The zero-order valence-electron chi connectivity index (χ0n) is 10.9. The van der Waals surface area contributed by atoms with Crippen LogP contribution in [0.3, 0.4) is 0 Å². The molecular formula is C12H23N3O2. The molecule has 0 bridgehead atoms. The molecule has 1 unspecified atom stereocenters. The van der Waals surface area contributed by atoms with Gasteiger partial charge in [-0.05, 0) is 32.6 Å². The normalized spacial score (nSPS) is 19.7. The van der Waals surface area contributed by atoms with Crippen molar-refractivity contribution in [2.24, 2.45) is 5.92 Å². The molecule has 0 aromatic rings. The van der Waals surface area contributed by atoms with Crippen molar-refractivity contribution in [1.29, 1.82) is 0 Å². The molecule has 0 aromatic heterocycles. The maximum absolute atomic E-state index is 11.6. The van der Waals surface area contributed by atoms with Gasteiger partial charge in [-0.25, -0.2) is 4.79 Å². The summed E-state index contributed by atoms with van der Waals surface area (Å²) >= 11 is 0. The number of imide groups is 1. The Morgan fingerprint density at radius 3 is 2.29 bits per heavy atom. The number of rotatable bonds is 4. The first-order chi connectivity index (χ1) is 8.04. The number of hydrogen-bond donors (Lipinski definition) is 3. The van der Waals surface area contributed by atoms with Crippen LogP contribution in [0.25, 0.3) is 0 Å². The van der Waals surface area contributed by atoms with Crippen molar-refractivity contribution in [2.45, 2.75) is 51.6 Å². The minimum absolute atomic E-state index is 0.283. The van der Waals surface area contributed by atoms with E-state index in [1.807, 2.05) is 0 Å². The van der Waals surface area contributed by atoms with Crippen LogP contribution < -0.4 is 16.0 Å². The van der Waals surface area contributed by atoms with Gasteiger partial charge in [-0.1, -0.05) is 12.8 Å². The van der Waals surface area contributed by atoms with Crippen molar-refractivity contribution in [1.82, 2.24) is 16.0 Å². The zero-order valence-corrected chi connectivity index (χ0v) is 10.9. The third-order valence-electron chi connectivity index (χ3n) is 3.48. The summed E-state index contributed by atoms with van der Waals surface area (Å²) in [6, 6.07) is -0.483. The molecule has 0 aromatic carbocycles. The van der Waals surface area contributed by atoms with Gasteiger partial charge in [0.15, 0.2) is 0 Å². The van der Waals surface area contributed by atoms with Gasteiger partial charge < -0.3 is 10.6 Å². The van der Waals surface area contributed by atoms with Gasteiger partial charge in [0, 0.05) is 13.1 Å². The highest BCUT2D eigenvalue weighted by molar-refractivity contribution is 5.96. The van der Waals surface area contributed by atoms with Crippen LogP contribution >= 0.6 is 0 Å². The SMILES string of the molecule is CNC(=O)NC(=O)C(C)N[C@@H](C)C1CCCC1. The first-order valence-electron chi connectivity index (χ1n) is 6.33. The lowest BCUT2D eigenvalue weighted by molar-refractivity contribution is -0.121. The van der Waals surface area contributed by atoms with Crippen LogP contribution in [-0.2, 0) is 4.79 Å². The molecule has 5 heteroatoms. The van der Waals surface area contributed by atoms with Gasteiger partial charge in [0.2, 0.25) is 5.91 Å². The summed E-state index contributed by atoms with van der Waals surface area (Å²) in [7, 11) is 1.49. The average molecular weight is 241 g/mol. The molecular weight excluding hydrogens is 218 g/mol. The van der Waals surface area contributed by atoms with Crippen LogP contribution in [-0.4, -0.2) is 31.1 Å². The third kappa shape index (κ3) is 4.34. The van der Waals surface area contributed by atoms with Gasteiger partial charge in [-0.3, -0.25) is 10.1 Å². The van der Waals surface area contributed by atoms with E-state index in [1.165, 1.54) is 32.7 Å². The lowest BCUT2D eigenvalue weighted by Gasteiger charge is -2.24. The van der Waals surface area contributed by atoms with E-state index in [2.05, 4.69) is 22.9 Å². The number of hydrogen-bond acceptors (Lipinski definition) is 3. The van der Waals surface area contributed by atoms with Gasteiger partial charge in [0.1, 0.15) is 0 Å². The largest absolute Gasteiger partial charge is 0.341 e. The standard InChI is InChI=1S/C12H23N3O2/c1-8(10-6-4-5-7-10)14-9(2)11(16)15-12(17)13-3/h8-10,14H,4-7H2,1-3H3,(H2,13,15,16,17)/t8-,9?/m0/s1. The number of carbonyl (C=O) groups excluding carboxylic acids is 2. The molecule has 17 heavy (non-hydrogen) atoms. The first-order valence-corrected chi connectivity index (χ1v) is 6.33. The van der Waals surface area contributed by atoms with Crippen molar-refractivity contribution in [3.63, 3.8) is 0 Å². The van der Waals surface area contributed by atoms with Crippen LogP contribution in [0.5, 0.6) is 0 Å². The number of amides is 3. The van der Waals surface area contributed by atoms with Crippen molar-refractivity contribution in [3.05, 3.63) is 0 Å². The van der Waals surface area contributed by atoms with Crippen LogP contribution in [0.15, 0.2) is 0 Å². The van der Waals surface area contributed by atoms with Crippen molar-refractivity contribution in [3.8, 4) is 0 Å². The third-order valence-corrected chi connectivity index (χ3v) is 3.48. The molecule has 3 N–H and O–H groups in total. The van der Waals surface area contributed by atoms with Crippen molar-refractivity contribution < 1.29 is 9.59 Å². The lowest BCUT2D eigenvalue weighted by Crippen LogP contribution is -2.50. The number of nitrogens with one attached hydrogen (secondary N) is 3. The maximum atomic E-state index is 11.6. The summed E-state index contributed by atoms with van der Waals surface area (Å²) in [6.07, 6.45) is 5.04. The van der Waals surface area contributed by atoms with Crippen molar-refractivity contribution >= 4 is 11.9 Å². The molecule has 1 saturated carbocycles. The Morgan fingerprint density at radius 2 is 1.76 bits per heavy atom. The van der Waals surface area contributed by atoms with Gasteiger partial charge >= 0.3 is 6.03 Å². The molecule has 1 fully saturated rings. The minimum atomic E-state index is -0.461. The van der Waals surface area contributed by atoms with Crippen LogP contribution in [0.2, 0.25) is 0 Å². The highest BCUT2D eigenvalue weighted by Crippen LogP contribution is 2.27. The summed E-state index contributed by atoms with van der Waals surface area (Å²) < 4.78 is 0. The molecule has 0 spiro atoms. The van der Waals surface area contributed by atoms with E-state index in [1.54, 1.807) is 6.92 Å². The molecule has 0 radical (unpaired) electrons. The lowest BCUT2D eigenvalue weighted by atomic mass is 9.99. The highest BCUT2D eigenvalue weighted by Gasteiger charge is 2.24. The van der Waals surface area contributed by atoms with Gasteiger partial charge in [-0.15, -0.1) is 0 Å². The molecule has 1 rings (SSSR count). The van der Waals surface area contributed by atoms with Crippen LogP contribution in [0.4, 0.5) is 4.79 Å². The Bertz CT molecular complexity index is 275. The number of urea groups is 1. The molecule has 3 amide bonds. The fraction of sp³-hybridized carbons (Fsp3) is 0.833. The Labute approximate surface area is 103 Å². The van der Waals surface area contributed by atoms with Crippen LogP contribution in [0.1, 0.15) is 39.5 Å². The summed E-state index contributed by atoms with van der Waals surface area (Å²) in [6.45, 7) is 3.89. The van der Waals surface area contributed by atoms with E-state index in [9.17, 15) is 9.59 Å². The monoisotopic (exact) mass is 241 g/mol. The molecule has 0 heterocycles. The molecule has 5 nitrogen and oxygen atoms in total. The molecule has 98 valence electrons. The first kappa shape index (κ1) is 14.0. The maximum Gasteiger partial charge on any atom is 0.321 e. The molecule has 0 saturated heterocycles. The Balaban J connectivity index is 2.34. The smallest absolute Gasteiger partial charge is 0.321 e. The van der Waals surface area contributed by atoms with E-state index >= 15 is 0 Å². The highest BCUT2D eigenvalue weighted by atomic mass is 16.2. The van der Waals surface area contributed by atoms with E-state index in [-0.39, 0.29) is 11.9 Å². The van der Waals surface area contributed by atoms with Gasteiger partial charge in [-0.2, -0.15) is 0 Å². The predicted molar refractivity (Wildman–Crippen MR) is 66.6 cm³/mol. The second kappa shape index (κ2) is 6.59. The molecule has 1 aliphatic rings. The van der Waals surface area contributed by atoms with Crippen LogP contribution in [0, 0.1) is 5.92 Å². The summed E-state index contributed by atoms with van der Waals surface area (Å²) in [4.78, 5) is 22.6. The second-order valence-electron chi connectivity index (χ2n) is 4.79. The average Bonchev–Trinajstić information content (AvgIpc) is 2.82. The van der Waals surface area contributed by atoms with E-state index in [4.69, 9.17) is 0 Å². The summed E-state index contributed by atoms with van der Waals surface area (Å²) in [5.41, 5.74) is 0. The molecule has 0 aliphatic heterocycles. The quantitative estimate of drug-likeness (QED) is 0.687. The van der Waals surface area contributed by atoms with Crippen molar-refractivity contribution in [2.75, 3.05) is 7.05 Å². The fourth-order valence-electron chi connectivity index (χ4n) is 2.35. The fourth-order valence-corrected chi connectivity index (χ4v) is 2.35. The topological polar surface area (TPSA) is 70.2 Å².